The highest BCUT2D eigenvalue weighted by Gasteiger charge is 2.13. The van der Waals surface area contributed by atoms with Gasteiger partial charge in [0.15, 0.2) is 18.1 Å². The normalized spacial score (nSPS) is 10.5. The second-order valence-electron chi connectivity index (χ2n) is 5.79. The van der Waals surface area contributed by atoms with Crippen LogP contribution in [0.25, 0.3) is 6.08 Å². The molecule has 0 spiro atoms. The molecule has 7 nitrogen and oxygen atoms in total. The summed E-state index contributed by atoms with van der Waals surface area (Å²) in [5.41, 5.74) is 1.48. The van der Waals surface area contributed by atoms with Crippen molar-refractivity contribution < 1.29 is 28.5 Å². The zero-order chi connectivity index (χ0) is 21.2. The fraction of sp³-hybridized carbons (Fsp3) is 0.238. The van der Waals surface area contributed by atoms with E-state index < -0.39 is 18.5 Å². The Morgan fingerprint density at radius 3 is 2.21 bits per heavy atom. The number of esters is 1. The summed E-state index contributed by atoms with van der Waals surface area (Å²) in [6.07, 6.45) is 2.82. The molecular formula is C21H22ClNO6. The Hall–Kier alpha value is -3.19. The summed E-state index contributed by atoms with van der Waals surface area (Å²) < 4.78 is 20.7. The molecule has 0 heterocycles. The van der Waals surface area contributed by atoms with Gasteiger partial charge < -0.3 is 24.3 Å². The molecule has 0 saturated heterocycles. The van der Waals surface area contributed by atoms with Gasteiger partial charge in [-0.3, -0.25) is 4.79 Å². The Morgan fingerprint density at radius 1 is 0.966 bits per heavy atom. The first-order valence-corrected chi connectivity index (χ1v) is 9.00. The van der Waals surface area contributed by atoms with Crippen molar-refractivity contribution in [2.75, 3.05) is 27.9 Å². The summed E-state index contributed by atoms with van der Waals surface area (Å²) in [4.78, 5) is 23.7. The van der Waals surface area contributed by atoms with E-state index in [2.05, 4.69) is 5.32 Å². The van der Waals surface area contributed by atoms with Crippen LogP contribution in [0.5, 0.6) is 17.2 Å². The van der Waals surface area contributed by atoms with Crippen LogP contribution in [-0.2, 0) is 20.9 Å². The van der Waals surface area contributed by atoms with Crippen LogP contribution < -0.4 is 19.5 Å². The molecule has 2 aromatic carbocycles. The van der Waals surface area contributed by atoms with Gasteiger partial charge in [-0.25, -0.2) is 4.79 Å². The van der Waals surface area contributed by atoms with Gasteiger partial charge in [0.05, 0.1) is 21.3 Å². The van der Waals surface area contributed by atoms with Gasteiger partial charge in [-0.15, -0.1) is 0 Å². The predicted octanol–water partition coefficient (Wildman–Crippen LogP) is 3.24. The van der Waals surface area contributed by atoms with Crippen molar-refractivity contribution in [3.05, 3.63) is 58.6 Å². The highest BCUT2D eigenvalue weighted by molar-refractivity contribution is 6.30. The first-order chi connectivity index (χ1) is 14.0. The van der Waals surface area contributed by atoms with E-state index in [-0.39, 0.29) is 6.54 Å². The summed E-state index contributed by atoms with van der Waals surface area (Å²) in [7, 11) is 4.56. The molecule has 0 atom stereocenters. The number of halogens is 1. The van der Waals surface area contributed by atoms with E-state index in [1.807, 2.05) is 0 Å². The zero-order valence-corrected chi connectivity index (χ0v) is 17.1. The lowest BCUT2D eigenvalue weighted by Gasteiger charge is -2.14. The van der Waals surface area contributed by atoms with E-state index in [9.17, 15) is 9.59 Å². The maximum absolute atomic E-state index is 12.0. The number of ether oxygens (including phenoxy) is 4. The second-order valence-corrected chi connectivity index (χ2v) is 6.22. The first kappa shape index (κ1) is 22.1. The van der Waals surface area contributed by atoms with Crippen LogP contribution in [0.3, 0.4) is 0 Å². The molecule has 29 heavy (non-hydrogen) atoms. The second kappa shape index (κ2) is 11.0. The summed E-state index contributed by atoms with van der Waals surface area (Å²) >= 11 is 5.80. The van der Waals surface area contributed by atoms with Gasteiger partial charge in [0.2, 0.25) is 0 Å². The van der Waals surface area contributed by atoms with Gasteiger partial charge in [0.25, 0.3) is 5.91 Å². The van der Waals surface area contributed by atoms with E-state index in [4.69, 9.17) is 30.5 Å². The molecule has 0 aliphatic rings. The Bertz CT molecular complexity index is 879. The highest BCUT2D eigenvalue weighted by atomic mass is 35.5. The fourth-order valence-corrected chi connectivity index (χ4v) is 2.52. The SMILES string of the molecule is COc1cc(OC)c(OC)cc1CNC(=O)COC(=O)/C=C/c1ccc(Cl)cc1. The van der Waals surface area contributed by atoms with Crippen molar-refractivity contribution in [3.63, 3.8) is 0 Å². The van der Waals surface area contributed by atoms with Gasteiger partial charge in [-0.05, 0) is 29.8 Å². The third-order valence-corrected chi connectivity index (χ3v) is 4.14. The number of amides is 1. The third-order valence-electron chi connectivity index (χ3n) is 3.89. The minimum atomic E-state index is -0.626. The molecule has 0 radical (unpaired) electrons. The minimum absolute atomic E-state index is 0.167. The zero-order valence-electron chi connectivity index (χ0n) is 16.4. The van der Waals surface area contributed by atoms with Gasteiger partial charge in [-0.1, -0.05) is 23.7 Å². The number of methoxy groups -OCH3 is 3. The Labute approximate surface area is 174 Å². The topological polar surface area (TPSA) is 83.1 Å². The minimum Gasteiger partial charge on any atom is -0.496 e. The van der Waals surface area contributed by atoms with Gasteiger partial charge >= 0.3 is 5.97 Å². The molecule has 2 rings (SSSR count). The van der Waals surface area contributed by atoms with Crippen molar-refractivity contribution in [2.24, 2.45) is 0 Å². The molecule has 1 N–H and O–H groups in total. The Morgan fingerprint density at radius 2 is 1.59 bits per heavy atom. The standard InChI is InChI=1S/C21H22ClNO6/c1-26-17-11-19(28-3)18(27-2)10-15(17)12-23-20(24)13-29-21(25)9-6-14-4-7-16(22)8-5-14/h4-11H,12-13H2,1-3H3,(H,23,24)/b9-6+. The van der Waals surface area contributed by atoms with Crippen molar-refractivity contribution in [2.45, 2.75) is 6.54 Å². The number of carbonyl (C=O) groups excluding carboxylic acids is 2. The van der Waals surface area contributed by atoms with E-state index in [1.54, 1.807) is 42.5 Å². The fourth-order valence-electron chi connectivity index (χ4n) is 2.40. The van der Waals surface area contributed by atoms with Crippen molar-refractivity contribution in [3.8, 4) is 17.2 Å². The number of benzene rings is 2. The summed E-state index contributed by atoms with van der Waals surface area (Å²) in [6.45, 7) is -0.236. The van der Waals surface area contributed by atoms with E-state index in [0.29, 0.717) is 27.8 Å². The lowest BCUT2D eigenvalue weighted by molar-refractivity contribution is -0.143. The van der Waals surface area contributed by atoms with E-state index in [1.165, 1.54) is 27.4 Å². The van der Waals surface area contributed by atoms with Gasteiger partial charge in [-0.2, -0.15) is 0 Å². The number of nitrogens with one attached hydrogen (secondary N) is 1. The molecule has 0 aliphatic heterocycles. The molecular weight excluding hydrogens is 398 g/mol. The number of carbonyl (C=O) groups is 2. The van der Waals surface area contributed by atoms with Crippen LogP contribution in [0.4, 0.5) is 0 Å². The number of hydrogen-bond acceptors (Lipinski definition) is 6. The molecule has 154 valence electrons. The number of rotatable bonds is 9. The molecule has 0 aromatic heterocycles. The average molecular weight is 420 g/mol. The molecule has 1 amide bonds. The van der Waals surface area contributed by atoms with Crippen LogP contribution in [0.2, 0.25) is 5.02 Å². The van der Waals surface area contributed by atoms with Crippen LogP contribution in [-0.4, -0.2) is 39.8 Å². The molecule has 0 fully saturated rings. The Kier molecular flexibility index (Phi) is 8.36. The summed E-state index contributed by atoms with van der Waals surface area (Å²) in [6, 6.07) is 10.3. The molecule has 8 heteroatoms. The first-order valence-electron chi connectivity index (χ1n) is 8.62. The highest BCUT2D eigenvalue weighted by Crippen LogP contribution is 2.34. The molecule has 2 aromatic rings. The molecule has 0 bridgehead atoms. The van der Waals surface area contributed by atoms with Crippen LogP contribution in [0.15, 0.2) is 42.5 Å². The van der Waals surface area contributed by atoms with Crippen LogP contribution in [0, 0.1) is 0 Å². The lowest BCUT2D eigenvalue weighted by atomic mass is 10.1. The monoisotopic (exact) mass is 419 g/mol. The summed E-state index contributed by atoms with van der Waals surface area (Å²) in [5.74, 6) is 0.483. The number of hydrogen-bond donors (Lipinski definition) is 1. The van der Waals surface area contributed by atoms with Gasteiger partial charge in [0.1, 0.15) is 5.75 Å². The van der Waals surface area contributed by atoms with E-state index >= 15 is 0 Å². The molecule has 0 aliphatic carbocycles. The van der Waals surface area contributed by atoms with Crippen molar-refractivity contribution in [1.82, 2.24) is 5.32 Å². The average Bonchev–Trinajstić information content (AvgIpc) is 2.75. The lowest BCUT2D eigenvalue weighted by Crippen LogP contribution is -2.28. The maximum Gasteiger partial charge on any atom is 0.331 e. The third kappa shape index (κ3) is 6.73. The quantitative estimate of drug-likeness (QED) is 0.496. The summed E-state index contributed by atoms with van der Waals surface area (Å²) in [5, 5.41) is 3.27. The van der Waals surface area contributed by atoms with Crippen LogP contribution in [0.1, 0.15) is 11.1 Å². The predicted molar refractivity (Wildman–Crippen MR) is 109 cm³/mol. The van der Waals surface area contributed by atoms with Crippen molar-refractivity contribution in [1.29, 1.82) is 0 Å². The van der Waals surface area contributed by atoms with E-state index in [0.717, 1.165) is 5.56 Å². The Balaban J connectivity index is 1.86. The smallest absolute Gasteiger partial charge is 0.331 e. The van der Waals surface area contributed by atoms with Gasteiger partial charge in [0, 0.05) is 29.3 Å². The largest absolute Gasteiger partial charge is 0.496 e. The maximum atomic E-state index is 12.0. The molecule has 0 unspecified atom stereocenters. The molecule has 0 saturated carbocycles. The van der Waals surface area contributed by atoms with Crippen molar-refractivity contribution >= 4 is 29.6 Å². The van der Waals surface area contributed by atoms with Crippen LogP contribution >= 0.6 is 11.6 Å².